The van der Waals surface area contributed by atoms with Crippen LogP contribution in [0.25, 0.3) is 0 Å². The molecule has 4 rings (SSSR count). The molecule has 3 heterocycles. The maximum Gasteiger partial charge on any atom is 0.248 e. The van der Waals surface area contributed by atoms with Gasteiger partial charge < -0.3 is 14.8 Å². The molecule has 1 N–H and O–H groups in total. The number of carbonyl (C=O) groups is 1. The smallest absolute Gasteiger partial charge is 0.248 e. The lowest BCUT2D eigenvalue weighted by atomic mass is 9.89. The Labute approximate surface area is 149 Å². The predicted molar refractivity (Wildman–Crippen MR) is 97.6 cm³/mol. The summed E-state index contributed by atoms with van der Waals surface area (Å²) in [6.07, 6.45) is 9.44. The number of hydrogen-bond acceptors (Lipinski definition) is 3. The molecule has 3 aliphatic rings. The van der Waals surface area contributed by atoms with Crippen LogP contribution < -0.4 is 5.56 Å². The van der Waals surface area contributed by atoms with Crippen LogP contribution in [0.15, 0.2) is 23.1 Å². The van der Waals surface area contributed by atoms with Gasteiger partial charge in [0.1, 0.15) is 0 Å². The summed E-state index contributed by atoms with van der Waals surface area (Å²) in [6.45, 7) is 4.10. The van der Waals surface area contributed by atoms with Crippen LogP contribution in [-0.2, 0) is 4.79 Å². The molecule has 1 aliphatic carbocycles. The molecule has 0 radical (unpaired) electrons. The zero-order valence-electron chi connectivity index (χ0n) is 15.0. The number of aromatic nitrogens is 1. The van der Waals surface area contributed by atoms with E-state index in [2.05, 4.69) is 14.8 Å². The molecule has 5 heteroatoms. The van der Waals surface area contributed by atoms with Gasteiger partial charge in [-0.05, 0) is 75.1 Å². The normalized spacial score (nSPS) is 26.6. The van der Waals surface area contributed by atoms with Crippen LogP contribution in [0.3, 0.4) is 0 Å². The quantitative estimate of drug-likeness (QED) is 0.913. The predicted octanol–water partition coefficient (Wildman–Crippen LogP) is 2.35. The van der Waals surface area contributed by atoms with Crippen LogP contribution in [0.5, 0.6) is 0 Å². The van der Waals surface area contributed by atoms with E-state index in [4.69, 9.17) is 0 Å². The van der Waals surface area contributed by atoms with Crippen LogP contribution in [0.4, 0.5) is 0 Å². The second-order valence-electron chi connectivity index (χ2n) is 8.06. The maximum absolute atomic E-state index is 12.3. The Morgan fingerprint density at radius 3 is 2.52 bits per heavy atom. The van der Waals surface area contributed by atoms with Crippen LogP contribution in [0.2, 0.25) is 0 Å². The number of piperidine rings is 1. The molecule has 0 bridgehead atoms. The van der Waals surface area contributed by atoms with E-state index in [1.165, 1.54) is 18.4 Å². The van der Waals surface area contributed by atoms with Crippen LogP contribution in [0, 0.1) is 5.92 Å². The SMILES string of the molecule is O=C1CCC(N2CCC(c3cc[nH]c(=O)c3)CC2)CCN1CC1CC1. The fourth-order valence-corrected chi connectivity index (χ4v) is 4.51. The summed E-state index contributed by atoms with van der Waals surface area (Å²) in [5.41, 5.74) is 1.17. The fourth-order valence-electron chi connectivity index (χ4n) is 4.51. The highest BCUT2D eigenvalue weighted by Crippen LogP contribution is 2.32. The molecule has 0 aromatic carbocycles. The highest BCUT2D eigenvalue weighted by atomic mass is 16.2. The number of hydrogen-bond donors (Lipinski definition) is 1. The Morgan fingerprint density at radius 1 is 1.00 bits per heavy atom. The number of likely N-dealkylation sites (tertiary alicyclic amines) is 2. The van der Waals surface area contributed by atoms with E-state index >= 15 is 0 Å². The summed E-state index contributed by atoms with van der Waals surface area (Å²) in [7, 11) is 0. The number of nitrogens with one attached hydrogen (secondary N) is 1. The summed E-state index contributed by atoms with van der Waals surface area (Å²) in [5, 5.41) is 0. The van der Waals surface area contributed by atoms with Crippen molar-refractivity contribution in [2.45, 2.75) is 56.9 Å². The third-order valence-electron chi connectivity index (χ3n) is 6.27. The monoisotopic (exact) mass is 343 g/mol. The zero-order valence-corrected chi connectivity index (χ0v) is 15.0. The van der Waals surface area contributed by atoms with Crippen molar-refractivity contribution in [3.63, 3.8) is 0 Å². The first-order chi connectivity index (χ1) is 12.2. The first-order valence-electron chi connectivity index (χ1n) is 9.89. The molecule has 1 aromatic rings. The van der Waals surface area contributed by atoms with Crippen molar-refractivity contribution in [3.8, 4) is 0 Å². The number of carbonyl (C=O) groups excluding carboxylic acids is 1. The van der Waals surface area contributed by atoms with E-state index in [0.717, 1.165) is 57.8 Å². The number of aromatic amines is 1. The molecule has 1 atom stereocenters. The molecule has 2 saturated heterocycles. The third kappa shape index (κ3) is 4.14. The highest BCUT2D eigenvalue weighted by Gasteiger charge is 2.32. The molecule has 1 aromatic heterocycles. The average Bonchev–Trinajstić information content (AvgIpc) is 3.46. The Bertz CT molecular complexity index is 659. The van der Waals surface area contributed by atoms with E-state index in [-0.39, 0.29) is 5.56 Å². The highest BCUT2D eigenvalue weighted by molar-refractivity contribution is 5.76. The molecular weight excluding hydrogens is 314 g/mol. The summed E-state index contributed by atoms with van der Waals surface area (Å²) in [6, 6.07) is 4.34. The molecule has 1 unspecified atom stereocenters. The van der Waals surface area contributed by atoms with Gasteiger partial charge in [-0.3, -0.25) is 9.59 Å². The lowest BCUT2D eigenvalue weighted by Gasteiger charge is -2.37. The number of nitrogens with zero attached hydrogens (tertiary/aromatic N) is 2. The van der Waals surface area contributed by atoms with Gasteiger partial charge in [-0.2, -0.15) is 0 Å². The number of amides is 1. The standard InChI is InChI=1S/C20H29N3O2/c24-19-13-17(5-9-21-19)16-6-10-22(11-7-16)18-3-4-20(25)23(12-8-18)14-15-1-2-15/h5,9,13,15-16,18H,1-4,6-8,10-12,14H2,(H,21,24). The molecule has 136 valence electrons. The van der Waals surface area contributed by atoms with E-state index in [9.17, 15) is 9.59 Å². The minimum Gasteiger partial charge on any atom is -0.342 e. The van der Waals surface area contributed by atoms with Crippen LogP contribution in [0.1, 0.15) is 56.4 Å². The van der Waals surface area contributed by atoms with Gasteiger partial charge in [-0.1, -0.05) is 0 Å². The van der Waals surface area contributed by atoms with Crippen molar-refractivity contribution in [3.05, 3.63) is 34.2 Å². The first kappa shape index (κ1) is 16.8. The maximum atomic E-state index is 12.3. The summed E-state index contributed by atoms with van der Waals surface area (Å²) < 4.78 is 0. The van der Waals surface area contributed by atoms with E-state index in [1.807, 2.05) is 6.07 Å². The largest absolute Gasteiger partial charge is 0.342 e. The molecule has 25 heavy (non-hydrogen) atoms. The molecule has 1 amide bonds. The summed E-state index contributed by atoms with van der Waals surface area (Å²) >= 11 is 0. The van der Waals surface area contributed by atoms with Gasteiger partial charge in [-0.25, -0.2) is 0 Å². The number of H-pyrrole nitrogens is 1. The Morgan fingerprint density at radius 2 is 1.80 bits per heavy atom. The van der Waals surface area contributed by atoms with Gasteiger partial charge >= 0.3 is 0 Å². The van der Waals surface area contributed by atoms with Gasteiger partial charge in [0.25, 0.3) is 0 Å². The number of pyridine rings is 1. The average molecular weight is 343 g/mol. The van der Waals surface area contributed by atoms with Crippen molar-refractivity contribution in [2.24, 2.45) is 5.92 Å². The Hall–Kier alpha value is -1.62. The molecule has 1 saturated carbocycles. The zero-order chi connectivity index (χ0) is 17.2. The molecular formula is C20H29N3O2. The van der Waals surface area contributed by atoms with Crippen LogP contribution in [-0.4, -0.2) is 52.9 Å². The Kier molecular flexibility index (Phi) is 4.93. The molecule has 5 nitrogen and oxygen atoms in total. The van der Waals surface area contributed by atoms with E-state index in [1.54, 1.807) is 12.3 Å². The summed E-state index contributed by atoms with van der Waals surface area (Å²) in [5.74, 6) is 1.65. The van der Waals surface area contributed by atoms with Crippen molar-refractivity contribution in [1.82, 2.24) is 14.8 Å². The second-order valence-corrected chi connectivity index (χ2v) is 8.06. The second kappa shape index (κ2) is 7.32. The lowest BCUT2D eigenvalue weighted by Crippen LogP contribution is -2.41. The third-order valence-corrected chi connectivity index (χ3v) is 6.27. The first-order valence-corrected chi connectivity index (χ1v) is 9.89. The van der Waals surface area contributed by atoms with Crippen LogP contribution >= 0.6 is 0 Å². The lowest BCUT2D eigenvalue weighted by molar-refractivity contribution is -0.130. The van der Waals surface area contributed by atoms with Crippen molar-refractivity contribution >= 4 is 5.91 Å². The van der Waals surface area contributed by atoms with Gasteiger partial charge in [-0.15, -0.1) is 0 Å². The Balaban J connectivity index is 1.31. The van der Waals surface area contributed by atoms with Gasteiger partial charge in [0.2, 0.25) is 11.5 Å². The molecule has 3 fully saturated rings. The van der Waals surface area contributed by atoms with Gasteiger partial charge in [0, 0.05) is 37.8 Å². The molecule has 0 spiro atoms. The van der Waals surface area contributed by atoms with Crippen molar-refractivity contribution in [1.29, 1.82) is 0 Å². The fraction of sp³-hybridized carbons (Fsp3) is 0.700. The van der Waals surface area contributed by atoms with E-state index in [0.29, 0.717) is 24.3 Å². The van der Waals surface area contributed by atoms with Gasteiger partial charge in [0.15, 0.2) is 0 Å². The minimum absolute atomic E-state index is 0.00188. The van der Waals surface area contributed by atoms with Crippen molar-refractivity contribution in [2.75, 3.05) is 26.2 Å². The topological polar surface area (TPSA) is 56.4 Å². The minimum atomic E-state index is -0.00188. The van der Waals surface area contributed by atoms with E-state index < -0.39 is 0 Å². The molecule has 2 aliphatic heterocycles. The van der Waals surface area contributed by atoms with Crippen molar-refractivity contribution < 1.29 is 4.79 Å². The summed E-state index contributed by atoms with van der Waals surface area (Å²) in [4.78, 5) is 31.3. The van der Waals surface area contributed by atoms with Gasteiger partial charge in [0.05, 0.1) is 0 Å². The number of rotatable bonds is 4.